The Bertz CT molecular complexity index is 531. The Morgan fingerprint density at radius 3 is 2.62 bits per heavy atom. The fourth-order valence-corrected chi connectivity index (χ4v) is 3.82. The molecule has 0 saturated carbocycles. The van der Waals surface area contributed by atoms with Gasteiger partial charge < -0.3 is 5.43 Å². The summed E-state index contributed by atoms with van der Waals surface area (Å²) in [4.78, 5) is 6.50. The number of hydrazone groups is 1. The summed E-state index contributed by atoms with van der Waals surface area (Å²) in [6.45, 7) is 9.85. The van der Waals surface area contributed by atoms with E-state index in [9.17, 15) is 0 Å². The average Bonchev–Trinajstić information content (AvgIpc) is 2.81. The molecule has 1 unspecified atom stereocenters. The van der Waals surface area contributed by atoms with Gasteiger partial charge in [0, 0.05) is 26.2 Å². The van der Waals surface area contributed by atoms with Gasteiger partial charge >= 0.3 is 0 Å². The van der Waals surface area contributed by atoms with Crippen LogP contribution in [0.15, 0.2) is 35.4 Å². The Morgan fingerprint density at radius 1 is 1.33 bits per heavy atom. The van der Waals surface area contributed by atoms with Crippen molar-refractivity contribution in [2.45, 2.75) is 71.1 Å². The minimum atomic E-state index is -0.100. The first-order valence-electron chi connectivity index (χ1n) is 9.12. The second kappa shape index (κ2) is 8.13. The summed E-state index contributed by atoms with van der Waals surface area (Å²) in [5.41, 5.74) is 4.06. The predicted molar refractivity (Wildman–Crippen MR) is 101 cm³/mol. The second-order valence-electron chi connectivity index (χ2n) is 7.66. The molecule has 0 spiro atoms. The van der Waals surface area contributed by atoms with E-state index in [2.05, 4.69) is 73.6 Å². The van der Waals surface area contributed by atoms with E-state index in [-0.39, 0.29) is 11.1 Å². The normalized spacial score (nSPS) is 28.1. The van der Waals surface area contributed by atoms with Crippen LogP contribution in [-0.2, 0) is 11.4 Å². The highest BCUT2D eigenvalue weighted by molar-refractivity contribution is 5.59. The van der Waals surface area contributed by atoms with Crippen LogP contribution in [0.4, 0.5) is 0 Å². The zero-order valence-electron chi connectivity index (χ0n) is 15.9. The molecule has 1 aromatic rings. The minimum Gasteiger partial charge on any atom is -0.313 e. The Hall–Kier alpha value is -1.39. The summed E-state index contributed by atoms with van der Waals surface area (Å²) in [7, 11) is 1.84. The molecule has 134 valence electrons. The third-order valence-electron chi connectivity index (χ3n) is 4.96. The van der Waals surface area contributed by atoms with Gasteiger partial charge in [0.15, 0.2) is 0 Å². The third kappa shape index (κ3) is 4.58. The van der Waals surface area contributed by atoms with Gasteiger partial charge in [-0.3, -0.25) is 4.84 Å². The van der Waals surface area contributed by atoms with Crippen molar-refractivity contribution in [3.63, 3.8) is 0 Å². The third-order valence-corrected chi connectivity index (χ3v) is 4.96. The average molecular weight is 332 g/mol. The van der Waals surface area contributed by atoms with Crippen LogP contribution in [0.1, 0.15) is 58.9 Å². The molecular weight excluding hydrogens is 298 g/mol. The topological polar surface area (TPSA) is 36.9 Å². The van der Waals surface area contributed by atoms with Crippen molar-refractivity contribution in [2.75, 3.05) is 7.05 Å². The van der Waals surface area contributed by atoms with E-state index in [1.807, 2.05) is 13.3 Å². The standard InChI is InChI=1S/C20H33N3O/c1-6-19(4)16-20(14-17(2)3,12-13-22-21-5)23(24-19)15-18-10-8-7-9-11-18/h7-11,13,17,21H,6,12,14-16H2,1-5H3/b22-13-/t19?,20-/m1/s1. The molecule has 4 nitrogen and oxygen atoms in total. The lowest BCUT2D eigenvalue weighted by Crippen LogP contribution is -2.44. The number of hydrogen-bond donors (Lipinski definition) is 1. The van der Waals surface area contributed by atoms with Gasteiger partial charge in [-0.05, 0) is 37.7 Å². The number of rotatable bonds is 8. The summed E-state index contributed by atoms with van der Waals surface area (Å²) in [6.07, 6.45) is 6.06. The van der Waals surface area contributed by atoms with Gasteiger partial charge in [0.2, 0.25) is 0 Å². The first kappa shape index (κ1) is 18.9. The van der Waals surface area contributed by atoms with Crippen molar-refractivity contribution in [1.29, 1.82) is 0 Å². The maximum Gasteiger partial charge on any atom is 0.0888 e. The lowest BCUT2D eigenvalue weighted by molar-refractivity contribution is -0.226. The Kier molecular flexibility index (Phi) is 6.41. The van der Waals surface area contributed by atoms with Crippen molar-refractivity contribution in [3.05, 3.63) is 35.9 Å². The van der Waals surface area contributed by atoms with Crippen molar-refractivity contribution in [3.8, 4) is 0 Å². The lowest BCUT2D eigenvalue weighted by Gasteiger charge is -2.37. The van der Waals surface area contributed by atoms with Crippen LogP contribution >= 0.6 is 0 Å². The second-order valence-corrected chi connectivity index (χ2v) is 7.66. The van der Waals surface area contributed by atoms with E-state index in [1.54, 1.807) is 0 Å². The van der Waals surface area contributed by atoms with Gasteiger partial charge in [0.1, 0.15) is 0 Å². The smallest absolute Gasteiger partial charge is 0.0888 e. The van der Waals surface area contributed by atoms with E-state index in [0.29, 0.717) is 5.92 Å². The molecule has 1 aliphatic heterocycles. The zero-order valence-corrected chi connectivity index (χ0v) is 15.9. The predicted octanol–water partition coefficient (Wildman–Crippen LogP) is 4.37. The Morgan fingerprint density at radius 2 is 2.04 bits per heavy atom. The van der Waals surface area contributed by atoms with Gasteiger partial charge in [0.05, 0.1) is 11.1 Å². The van der Waals surface area contributed by atoms with E-state index >= 15 is 0 Å². The van der Waals surface area contributed by atoms with Crippen LogP contribution in [0.5, 0.6) is 0 Å². The highest BCUT2D eigenvalue weighted by atomic mass is 16.7. The van der Waals surface area contributed by atoms with Crippen LogP contribution in [-0.4, -0.2) is 29.5 Å². The van der Waals surface area contributed by atoms with Crippen LogP contribution in [0.2, 0.25) is 0 Å². The molecule has 24 heavy (non-hydrogen) atoms. The molecule has 0 amide bonds. The molecule has 0 bridgehead atoms. The molecule has 1 aromatic carbocycles. The first-order chi connectivity index (χ1) is 11.4. The molecule has 2 atom stereocenters. The van der Waals surface area contributed by atoms with E-state index < -0.39 is 0 Å². The number of benzene rings is 1. The molecule has 4 heteroatoms. The number of hydrogen-bond acceptors (Lipinski definition) is 4. The van der Waals surface area contributed by atoms with E-state index in [1.165, 1.54) is 5.56 Å². The van der Waals surface area contributed by atoms with Crippen molar-refractivity contribution >= 4 is 6.21 Å². The summed E-state index contributed by atoms with van der Waals surface area (Å²) < 4.78 is 0. The van der Waals surface area contributed by atoms with Crippen molar-refractivity contribution < 1.29 is 4.84 Å². The molecule has 1 saturated heterocycles. The zero-order chi connectivity index (χ0) is 17.6. The van der Waals surface area contributed by atoms with Gasteiger partial charge in [-0.15, -0.1) is 0 Å². The molecule has 1 aliphatic rings. The highest BCUT2D eigenvalue weighted by Gasteiger charge is 2.51. The minimum absolute atomic E-state index is 0.00484. The molecule has 0 aliphatic carbocycles. The van der Waals surface area contributed by atoms with Gasteiger partial charge in [-0.25, -0.2) is 0 Å². The van der Waals surface area contributed by atoms with E-state index in [0.717, 1.165) is 32.2 Å². The summed E-state index contributed by atoms with van der Waals surface area (Å²) >= 11 is 0. The van der Waals surface area contributed by atoms with Crippen molar-refractivity contribution in [2.24, 2.45) is 11.0 Å². The molecule has 0 radical (unpaired) electrons. The Balaban J connectivity index is 2.31. The Labute approximate surface area is 147 Å². The molecule has 0 aromatic heterocycles. The summed E-state index contributed by atoms with van der Waals surface area (Å²) in [5.74, 6) is 0.606. The van der Waals surface area contributed by atoms with Gasteiger partial charge in [-0.1, -0.05) is 51.1 Å². The van der Waals surface area contributed by atoms with Crippen LogP contribution in [0.3, 0.4) is 0 Å². The summed E-state index contributed by atoms with van der Waals surface area (Å²) in [6, 6.07) is 10.6. The van der Waals surface area contributed by atoms with Crippen molar-refractivity contribution in [1.82, 2.24) is 10.5 Å². The maximum absolute atomic E-state index is 6.50. The SMILES string of the molecule is CCC1(C)C[C@@](C/C=N\NC)(CC(C)C)N(Cc2ccccc2)O1. The highest BCUT2D eigenvalue weighted by Crippen LogP contribution is 2.46. The fraction of sp³-hybridized carbons (Fsp3) is 0.650. The monoisotopic (exact) mass is 331 g/mol. The molecule has 1 N–H and O–H groups in total. The van der Waals surface area contributed by atoms with Crippen LogP contribution < -0.4 is 5.43 Å². The first-order valence-corrected chi connectivity index (χ1v) is 9.12. The lowest BCUT2D eigenvalue weighted by atomic mass is 9.78. The van der Waals surface area contributed by atoms with Crippen LogP contribution in [0, 0.1) is 5.92 Å². The molecule has 1 heterocycles. The maximum atomic E-state index is 6.50. The quantitative estimate of drug-likeness (QED) is 0.567. The number of nitrogens with one attached hydrogen (secondary N) is 1. The van der Waals surface area contributed by atoms with Crippen LogP contribution in [0.25, 0.3) is 0 Å². The van der Waals surface area contributed by atoms with Gasteiger partial charge in [0.25, 0.3) is 0 Å². The summed E-state index contributed by atoms with van der Waals surface area (Å²) in [5, 5.41) is 6.49. The largest absolute Gasteiger partial charge is 0.313 e. The molecule has 2 rings (SSSR count). The fourth-order valence-electron chi connectivity index (χ4n) is 3.82. The molecule has 1 fully saturated rings. The molecular formula is C20H33N3O. The van der Waals surface area contributed by atoms with Gasteiger partial charge in [-0.2, -0.15) is 10.2 Å². The van der Waals surface area contributed by atoms with E-state index in [4.69, 9.17) is 4.84 Å². The number of nitrogens with zero attached hydrogens (tertiary/aromatic N) is 2. The number of hydroxylamine groups is 2.